The molecule has 0 amide bonds. The molecule has 0 saturated carbocycles. The summed E-state index contributed by atoms with van der Waals surface area (Å²) in [4.78, 5) is 0. The van der Waals surface area contributed by atoms with Crippen LogP contribution in [0, 0.1) is 13.8 Å². The molecule has 0 bridgehead atoms. The molecule has 4 nitrogen and oxygen atoms in total. The molecule has 0 aliphatic heterocycles. The summed E-state index contributed by atoms with van der Waals surface area (Å²) >= 11 is 0. The first-order valence-electron chi connectivity index (χ1n) is 8.73. The molecule has 0 unspecified atom stereocenters. The van der Waals surface area contributed by atoms with Crippen LogP contribution >= 0.6 is 0 Å². The maximum Gasteiger partial charge on any atom is 0.573 e. The van der Waals surface area contributed by atoms with Crippen molar-refractivity contribution in [3.05, 3.63) is 47.5 Å². The lowest BCUT2D eigenvalue weighted by Gasteiger charge is -2.12. The molecule has 2 aromatic rings. The van der Waals surface area contributed by atoms with Crippen LogP contribution in [0.3, 0.4) is 0 Å². The average Bonchev–Trinajstić information content (AvgIpc) is 2.60. The van der Waals surface area contributed by atoms with Crippen LogP contribution in [0.5, 0.6) is 23.0 Å². The first kappa shape index (κ1) is 24.3. The molecule has 0 heterocycles. The monoisotopic (exact) mass is 422 g/mol. The number of aryl methyl sites for hydroxylation is 2. The Balaban J connectivity index is 0.000000291. The Hall–Kier alpha value is -2.71. The number of rotatable bonds is 7. The first-order chi connectivity index (χ1) is 13.6. The standard InChI is InChI=1S/C10H11F3O2.C10H12F2O2/c1-3-14-9-6-8(5-4-7(9)2)15-10(11,12)13;1-3-13-9-6-8(14-10(11)12)5-4-7(9)2/h4-6H,3H2,1-2H3;4-6,10H,3H2,1-2H3. The van der Waals surface area contributed by atoms with E-state index in [9.17, 15) is 22.0 Å². The van der Waals surface area contributed by atoms with Crippen molar-refractivity contribution in [1.29, 1.82) is 0 Å². The number of hydrogen-bond donors (Lipinski definition) is 0. The maximum atomic E-state index is 11.9. The van der Waals surface area contributed by atoms with Gasteiger partial charge in [0, 0.05) is 12.1 Å². The van der Waals surface area contributed by atoms with Gasteiger partial charge in [-0.2, -0.15) is 8.78 Å². The second-order valence-corrected chi connectivity index (χ2v) is 5.65. The second-order valence-electron chi connectivity index (χ2n) is 5.65. The maximum absolute atomic E-state index is 11.9. The summed E-state index contributed by atoms with van der Waals surface area (Å²) in [6.07, 6.45) is -4.67. The zero-order chi connectivity index (χ0) is 22.0. The van der Waals surface area contributed by atoms with E-state index in [0.29, 0.717) is 24.7 Å². The van der Waals surface area contributed by atoms with Gasteiger partial charge in [0.1, 0.15) is 23.0 Å². The third-order valence-electron chi connectivity index (χ3n) is 3.38. The van der Waals surface area contributed by atoms with Crippen molar-refractivity contribution < 1.29 is 40.9 Å². The van der Waals surface area contributed by atoms with Crippen molar-refractivity contribution in [2.75, 3.05) is 13.2 Å². The summed E-state index contributed by atoms with van der Waals surface area (Å²) in [5, 5.41) is 0. The zero-order valence-corrected chi connectivity index (χ0v) is 16.5. The summed E-state index contributed by atoms with van der Waals surface area (Å²) in [5.74, 6) is 0.829. The van der Waals surface area contributed by atoms with E-state index in [1.54, 1.807) is 19.9 Å². The molecule has 9 heteroatoms. The summed E-state index contributed by atoms with van der Waals surface area (Å²) in [7, 11) is 0. The van der Waals surface area contributed by atoms with Crippen LogP contribution in [0.25, 0.3) is 0 Å². The van der Waals surface area contributed by atoms with Gasteiger partial charge in [-0.15, -0.1) is 13.2 Å². The molecular weight excluding hydrogens is 399 g/mol. The molecule has 0 N–H and O–H groups in total. The number of benzene rings is 2. The zero-order valence-electron chi connectivity index (χ0n) is 16.5. The smallest absolute Gasteiger partial charge is 0.493 e. The molecule has 0 radical (unpaired) electrons. The predicted molar refractivity (Wildman–Crippen MR) is 98.0 cm³/mol. The normalized spacial score (nSPS) is 10.8. The average molecular weight is 422 g/mol. The van der Waals surface area contributed by atoms with Gasteiger partial charge in [-0.1, -0.05) is 12.1 Å². The summed E-state index contributed by atoms with van der Waals surface area (Å²) in [6.45, 7) is 5.29. The van der Waals surface area contributed by atoms with Gasteiger partial charge >= 0.3 is 13.0 Å². The van der Waals surface area contributed by atoms with E-state index < -0.39 is 13.0 Å². The fourth-order valence-electron chi connectivity index (χ4n) is 2.16. The predicted octanol–water partition coefficient (Wildman–Crippen LogP) is 6.29. The Morgan fingerprint density at radius 2 is 1.24 bits per heavy atom. The molecule has 29 heavy (non-hydrogen) atoms. The van der Waals surface area contributed by atoms with Crippen molar-refractivity contribution in [3.63, 3.8) is 0 Å². The second kappa shape index (κ2) is 11.3. The van der Waals surface area contributed by atoms with Gasteiger partial charge in [0.05, 0.1) is 13.2 Å². The third-order valence-corrected chi connectivity index (χ3v) is 3.38. The Morgan fingerprint density at radius 1 is 0.793 bits per heavy atom. The Morgan fingerprint density at radius 3 is 1.66 bits per heavy atom. The van der Waals surface area contributed by atoms with E-state index in [1.807, 2.05) is 13.8 Å². The molecule has 2 rings (SSSR count). The van der Waals surface area contributed by atoms with E-state index in [1.165, 1.54) is 30.3 Å². The quantitative estimate of drug-likeness (QED) is 0.492. The molecule has 2 aromatic carbocycles. The molecule has 0 aliphatic rings. The van der Waals surface area contributed by atoms with Gasteiger partial charge in [-0.25, -0.2) is 0 Å². The highest BCUT2D eigenvalue weighted by Gasteiger charge is 2.31. The fourth-order valence-corrected chi connectivity index (χ4v) is 2.16. The largest absolute Gasteiger partial charge is 0.573 e. The number of alkyl halides is 5. The summed E-state index contributed by atoms with van der Waals surface area (Å²) in [5.41, 5.74) is 1.67. The lowest BCUT2D eigenvalue weighted by atomic mass is 10.2. The minimum Gasteiger partial charge on any atom is -0.493 e. The highest BCUT2D eigenvalue weighted by atomic mass is 19.4. The highest BCUT2D eigenvalue weighted by Crippen LogP contribution is 2.28. The Kier molecular flexibility index (Phi) is 9.50. The third kappa shape index (κ3) is 9.36. The first-order valence-corrected chi connectivity index (χ1v) is 8.73. The molecule has 0 fully saturated rings. The molecule has 162 valence electrons. The summed E-state index contributed by atoms with van der Waals surface area (Å²) < 4.78 is 77.8. The summed E-state index contributed by atoms with van der Waals surface area (Å²) in [6, 6.07) is 8.64. The van der Waals surface area contributed by atoms with E-state index in [0.717, 1.165) is 11.1 Å². The topological polar surface area (TPSA) is 36.9 Å². The van der Waals surface area contributed by atoms with Crippen LogP contribution in [0.15, 0.2) is 36.4 Å². The van der Waals surface area contributed by atoms with Gasteiger partial charge in [0.15, 0.2) is 0 Å². The van der Waals surface area contributed by atoms with Gasteiger partial charge in [0.25, 0.3) is 0 Å². The van der Waals surface area contributed by atoms with Crippen LogP contribution in [0.2, 0.25) is 0 Å². The van der Waals surface area contributed by atoms with Crippen LogP contribution < -0.4 is 18.9 Å². The number of hydrogen-bond acceptors (Lipinski definition) is 4. The Labute approximate surface area is 166 Å². The van der Waals surface area contributed by atoms with E-state index in [-0.39, 0.29) is 11.5 Å². The van der Waals surface area contributed by atoms with Crippen LogP contribution in [-0.4, -0.2) is 26.2 Å². The molecule has 0 atom stereocenters. The molecular formula is C20H23F5O4. The fraction of sp³-hybridized carbons (Fsp3) is 0.400. The highest BCUT2D eigenvalue weighted by molar-refractivity contribution is 5.40. The van der Waals surface area contributed by atoms with E-state index in [4.69, 9.17) is 9.47 Å². The van der Waals surface area contributed by atoms with Crippen molar-refractivity contribution in [1.82, 2.24) is 0 Å². The van der Waals surface area contributed by atoms with E-state index in [2.05, 4.69) is 9.47 Å². The van der Waals surface area contributed by atoms with Gasteiger partial charge in [-0.05, 0) is 51.0 Å². The van der Waals surface area contributed by atoms with Crippen LogP contribution in [0.4, 0.5) is 22.0 Å². The number of halogens is 5. The minimum absolute atomic E-state index is 0.119. The van der Waals surface area contributed by atoms with Crippen molar-refractivity contribution >= 4 is 0 Å². The lowest BCUT2D eigenvalue weighted by Crippen LogP contribution is -2.17. The van der Waals surface area contributed by atoms with Gasteiger partial charge in [0.2, 0.25) is 0 Å². The minimum atomic E-state index is -4.67. The molecule has 0 saturated heterocycles. The molecule has 0 aromatic heterocycles. The SMILES string of the molecule is CCOc1cc(OC(F)(F)F)ccc1C.CCOc1cc(OC(F)F)ccc1C. The lowest BCUT2D eigenvalue weighted by molar-refractivity contribution is -0.274. The molecule has 0 spiro atoms. The Bertz CT molecular complexity index is 763. The van der Waals surface area contributed by atoms with Crippen molar-refractivity contribution in [2.45, 2.75) is 40.7 Å². The van der Waals surface area contributed by atoms with E-state index >= 15 is 0 Å². The van der Waals surface area contributed by atoms with Crippen LogP contribution in [-0.2, 0) is 0 Å². The van der Waals surface area contributed by atoms with Gasteiger partial charge < -0.3 is 18.9 Å². The van der Waals surface area contributed by atoms with Crippen LogP contribution in [0.1, 0.15) is 25.0 Å². The van der Waals surface area contributed by atoms with Crippen molar-refractivity contribution in [3.8, 4) is 23.0 Å². The number of ether oxygens (including phenoxy) is 4. The molecule has 0 aliphatic carbocycles. The van der Waals surface area contributed by atoms with Gasteiger partial charge in [-0.3, -0.25) is 0 Å². The van der Waals surface area contributed by atoms with Crippen molar-refractivity contribution in [2.24, 2.45) is 0 Å².